The van der Waals surface area contributed by atoms with Crippen molar-refractivity contribution in [2.24, 2.45) is 5.16 Å². The van der Waals surface area contributed by atoms with Gasteiger partial charge in [-0.3, -0.25) is 0 Å². The van der Waals surface area contributed by atoms with Gasteiger partial charge in [-0.2, -0.15) is 0 Å². The van der Waals surface area contributed by atoms with Gasteiger partial charge in [-0.25, -0.2) is 0 Å². The molecular weight excluding hydrogens is 126 g/mol. The summed E-state index contributed by atoms with van der Waals surface area (Å²) >= 11 is 0. The van der Waals surface area contributed by atoms with Crippen molar-refractivity contribution >= 4 is 6.21 Å². The van der Waals surface area contributed by atoms with Gasteiger partial charge in [0.1, 0.15) is 6.61 Å². The fraction of sp³-hybridized carbons (Fsp3) is 0.875. The SMILES string of the molecule is CCCC=NOCCCC. The van der Waals surface area contributed by atoms with Crippen LogP contribution in [0.2, 0.25) is 0 Å². The highest BCUT2D eigenvalue weighted by atomic mass is 16.6. The third-order valence-electron chi connectivity index (χ3n) is 1.16. The van der Waals surface area contributed by atoms with Crippen molar-refractivity contribution < 1.29 is 4.84 Å². The molecule has 0 fully saturated rings. The molecule has 0 aromatic carbocycles. The largest absolute Gasteiger partial charge is 0.396 e. The highest BCUT2D eigenvalue weighted by molar-refractivity contribution is 5.55. The maximum Gasteiger partial charge on any atom is 0.117 e. The summed E-state index contributed by atoms with van der Waals surface area (Å²) in [6.07, 6.45) is 6.26. The fourth-order valence-corrected chi connectivity index (χ4v) is 0.496. The van der Waals surface area contributed by atoms with Gasteiger partial charge < -0.3 is 4.84 Å². The Morgan fingerprint density at radius 2 is 2.10 bits per heavy atom. The van der Waals surface area contributed by atoms with E-state index in [2.05, 4.69) is 19.0 Å². The van der Waals surface area contributed by atoms with Crippen LogP contribution in [0, 0.1) is 0 Å². The summed E-state index contributed by atoms with van der Waals surface area (Å²) in [5, 5.41) is 3.77. The minimum Gasteiger partial charge on any atom is -0.396 e. The molecule has 0 rings (SSSR count). The minimum absolute atomic E-state index is 0.761. The van der Waals surface area contributed by atoms with E-state index in [1.165, 1.54) is 6.42 Å². The van der Waals surface area contributed by atoms with Gasteiger partial charge in [0.2, 0.25) is 0 Å². The topological polar surface area (TPSA) is 21.6 Å². The Labute approximate surface area is 63.3 Å². The van der Waals surface area contributed by atoms with Gasteiger partial charge in [0, 0.05) is 6.21 Å². The summed E-state index contributed by atoms with van der Waals surface area (Å²) in [5.41, 5.74) is 0. The van der Waals surface area contributed by atoms with E-state index >= 15 is 0 Å². The fourth-order valence-electron chi connectivity index (χ4n) is 0.496. The van der Waals surface area contributed by atoms with Crippen LogP contribution in [0.3, 0.4) is 0 Å². The molecule has 0 atom stereocenters. The molecule has 0 aliphatic rings. The lowest BCUT2D eigenvalue weighted by atomic mass is 10.4. The summed E-state index contributed by atoms with van der Waals surface area (Å²) in [4.78, 5) is 4.95. The Hall–Kier alpha value is -0.530. The van der Waals surface area contributed by atoms with Crippen LogP contribution in [-0.2, 0) is 4.84 Å². The zero-order chi connectivity index (χ0) is 7.66. The molecule has 0 radical (unpaired) electrons. The summed E-state index contributed by atoms with van der Waals surface area (Å²) in [5.74, 6) is 0. The first-order chi connectivity index (χ1) is 4.91. The molecule has 0 saturated carbocycles. The van der Waals surface area contributed by atoms with Crippen molar-refractivity contribution in [3.63, 3.8) is 0 Å². The van der Waals surface area contributed by atoms with Crippen LogP contribution in [-0.4, -0.2) is 12.8 Å². The second-order valence-corrected chi connectivity index (χ2v) is 2.26. The van der Waals surface area contributed by atoms with E-state index in [0.717, 1.165) is 25.9 Å². The molecule has 0 aromatic heterocycles. The lowest BCUT2D eigenvalue weighted by molar-refractivity contribution is 0.142. The van der Waals surface area contributed by atoms with Crippen LogP contribution >= 0.6 is 0 Å². The highest BCUT2D eigenvalue weighted by Crippen LogP contribution is 1.88. The molecule has 0 aliphatic heterocycles. The molecule has 0 saturated heterocycles. The van der Waals surface area contributed by atoms with E-state index in [-0.39, 0.29) is 0 Å². The quantitative estimate of drug-likeness (QED) is 0.318. The van der Waals surface area contributed by atoms with Crippen LogP contribution in [0.1, 0.15) is 39.5 Å². The van der Waals surface area contributed by atoms with Crippen LogP contribution in [0.4, 0.5) is 0 Å². The molecule has 0 N–H and O–H groups in total. The van der Waals surface area contributed by atoms with Crippen LogP contribution < -0.4 is 0 Å². The Morgan fingerprint density at radius 1 is 1.30 bits per heavy atom. The lowest BCUT2D eigenvalue weighted by Crippen LogP contribution is -1.86. The molecule has 0 bridgehead atoms. The standard InChI is InChI=1S/C8H17NO/c1-3-5-7-9-10-8-6-4-2/h7H,3-6,8H2,1-2H3. The van der Waals surface area contributed by atoms with E-state index in [9.17, 15) is 0 Å². The number of rotatable bonds is 6. The first-order valence-corrected chi connectivity index (χ1v) is 4.05. The summed E-state index contributed by atoms with van der Waals surface area (Å²) in [6, 6.07) is 0. The molecule has 10 heavy (non-hydrogen) atoms. The third kappa shape index (κ3) is 7.47. The van der Waals surface area contributed by atoms with Crippen molar-refractivity contribution in [3.05, 3.63) is 0 Å². The molecule has 0 aliphatic carbocycles. The third-order valence-corrected chi connectivity index (χ3v) is 1.16. The van der Waals surface area contributed by atoms with Crippen molar-refractivity contribution in [2.45, 2.75) is 39.5 Å². The van der Waals surface area contributed by atoms with E-state index < -0.39 is 0 Å². The van der Waals surface area contributed by atoms with Gasteiger partial charge in [-0.1, -0.05) is 31.8 Å². The average molecular weight is 143 g/mol. The van der Waals surface area contributed by atoms with E-state index in [0.29, 0.717) is 0 Å². The normalized spacial score (nSPS) is 10.6. The molecule has 2 nitrogen and oxygen atoms in total. The first-order valence-electron chi connectivity index (χ1n) is 4.05. The summed E-state index contributed by atoms with van der Waals surface area (Å²) in [6.45, 7) is 5.02. The number of nitrogens with zero attached hydrogens (tertiary/aromatic N) is 1. The molecule has 0 heterocycles. The van der Waals surface area contributed by atoms with Crippen molar-refractivity contribution in [2.75, 3.05) is 6.61 Å². The van der Waals surface area contributed by atoms with Gasteiger partial charge in [0.25, 0.3) is 0 Å². The van der Waals surface area contributed by atoms with Crippen molar-refractivity contribution in [3.8, 4) is 0 Å². The predicted octanol–water partition coefficient (Wildman–Crippen LogP) is 2.59. The number of oxime groups is 1. The zero-order valence-electron chi connectivity index (χ0n) is 6.97. The molecule has 0 aromatic rings. The first kappa shape index (κ1) is 9.47. The second-order valence-electron chi connectivity index (χ2n) is 2.26. The second kappa shape index (κ2) is 8.47. The smallest absolute Gasteiger partial charge is 0.117 e. The van der Waals surface area contributed by atoms with Gasteiger partial charge in [0.05, 0.1) is 0 Å². The molecule has 2 heteroatoms. The van der Waals surface area contributed by atoms with E-state index in [1.54, 1.807) is 0 Å². The zero-order valence-corrected chi connectivity index (χ0v) is 6.97. The van der Waals surface area contributed by atoms with Crippen molar-refractivity contribution in [1.82, 2.24) is 0 Å². The lowest BCUT2D eigenvalue weighted by Gasteiger charge is -1.94. The molecule has 0 amide bonds. The maximum absolute atomic E-state index is 4.95. The van der Waals surface area contributed by atoms with Crippen LogP contribution in [0.5, 0.6) is 0 Å². The van der Waals surface area contributed by atoms with E-state index in [1.807, 2.05) is 6.21 Å². The van der Waals surface area contributed by atoms with Gasteiger partial charge in [-0.05, 0) is 12.8 Å². The predicted molar refractivity (Wildman–Crippen MR) is 44.3 cm³/mol. The highest BCUT2D eigenvalue weighted by Gasteiger charge is 1.80. The number of hydrogen-bond acceptors (Lipinski definition) is 2. The van der Waals surface area contributed by atoms with E-state index in [4.69, 9.17) is 4.84 Å². The number of unbranched alkanes of at least 4 members (excludes halogenated alkanes) is 2. The molecular formula is C8H17NO. The van der Waals surface area contributed by atoms with Gasteiger partial charge in [0.15, 0.2) is 0 Å². The van der Waals surface area contributed by atoms with Crippen LogP contribution in [0.15, 0.2) is 5.16 Å². The Bertz CT molecular complexity index is 81.3. The average Bonchev–Trinajstić information content (AvgIpc) is 1.97. The Kier molecular flexibility index (Phi) is 8.02. The van der Waals surface area contributed by atoms with Crippen LogP contribution in [0.25, 0.3) is 0 Å². The molecule has 0 unspecified atom stereocenters. The maximum atomic E-state index is 4.95. The Morgan fingerprint density at radius 3 is 2.70 bits per heavy atom. The minimum atomic E-state index is 0.761. The number of hydrogen-bond donors (Lipinski definition) is 0. The summed E-state index contributed by atoms with van der Waals surface area (Å²) < 4.78 is 0. The molecule has 60 valence electrons. The monoisotopic (exact) mass is 143 g/mol. The Balaban J connectivity index is 2.88. The molecule has 0 spiro atoms. The van der Waals surface area contributed by atoms with Gasteiger partial charge in [-0.15, -0.1) is 0 Å². The van der Waals surface area contributed by atoms with Crippen molar-refractivity contribution in [1.29, 1.82) is 0 Å². The van der Waals surface area contributed by atoms with Gasteiger partial charge >= 0.3 is 0 Å². The summed E-state index contributed by atoms with van der Waals surface area (Å²) in [7, 11) is 0.